The molecular formula is C17H22O5. The number of hydrogen-bond donors (Lipinski definition) is 0. The van der Waals surface area contributed by atoms with Crippen molar-refractivity contribution >= 4 is 12.3 Å². The Bertz CT molecular complexity index is 578. The van der Waals surface area contributed by atoms with Crippen LogP contribution in [0, 0.1) is 10.8 Å². The van der Waals surface area contributed by atoms with E-state index in [4.69, 9.17) is 14.2 Å². The molecule has 0 radical (unpaired) electrons. The predicted molar refractivity (Wildman–Crippen MR) is 77.1 cm³/mol. The third-order valence-corrected chi connectivity index (χ3v) is 6.81. The van der Waals surface area contributed by atoms with Crippen molar-refractivity contribution in [3.63, 3.8) is 0 Å². The minimum atomic E-state index is -0.328. The van der Waals surface area contributed by atoms with Crippen molar-refractivity contribution in [2.45, 2.75) is 63.9 Å². The van der Waals surface area contributed by atoms with Crippen molar-refractivity contribution < 1.29 is 23.8 Å². The molecule has 0 amide bonds. The first-order chi connectivity index (χ1) is 10.4. The van der Waals surface area contributed by atoms with E-state index in [0.29, 0.717) is 13.0 Å². The monoisotopic (exact) mass is 306 g/mol. The standard InChI is InChI=1S/C17H22O5/c1-10(19)21-13-7-14-17(9-20-17)16(13,3)15(2)5-4-11(8-18)6-12(15)22-14/h6,8,12-14H,4-5,7,9H2,1-3H3/t12-,13-,14-,15+,16-,17+/m1/s1. The molecule has 5 nitrogen and oxygen atoms in total. The summed E-state index contributed by atoms with van der Waals surface area (Å²) in [4.78, 5) is 22.7. The number of epoxide rings is 1. The molecule has 4 rings (SSSR count). The van der Waals surface area contributed by atoms with Crippen LogP contribution < -0.4 is 0 Å². The highest BCUT2D eigenvalue weighted by Crippen LogP contribution is 2.71. The van der Waals surface area contributed by atoms with Gasteiger partial charge in [0, 0.05) is 24.2 Å². The van der Waals surface area contributed by atoms with Crippen molar-refractivity contribution in [3.8, 4) is 0 Å². The van der Waals surface area contributed by atoms with E-state index in [0.717, 1.165) is 24.7 Å². The van der Waals surface area contributed by atoms with Crippen molar-refractivity contribution in [2.24, 2.45) is 10.8 Å². The number of fused-ring (bicyclic) bond motifs is 2. The average molecular weight is 306 g/mol. The summed E-state index contributed by atoms with van der Waals surface area (Å²) in [5.41, 5.74) is -0.0137. The van der Waals surface area contributed by atoms with Crippen LogP contribution in [0.2, 0.25) is 0 Å². The summed E-state index contributed by atoms with van der Waals surface area (Å²) in [5.74, 6) is -0.255. The van der Waals surface area contributed by atoms with Crippen LogP contribution in [0.1, 0.15) is 40.0 Å². The zero-order chi connectivity index (χ0) is 15.8. The van der Waals surface area contributed by atoms with Crippen LogP contribution in [0.4, 0.5) is 0 Å². The highest BCUT2D eigenvalue weighted by molar-refractivity contribution is 5.73. The zero-order valence-electron chi connectivity index (χ0n) is 13.3. The Morgan fingerprint density at radius 1 is 1.45 bits per heavy atom. The lowest BCUT2D eigenvalue weighted by molar-refractivity contribution is -0.210. The highest BCUT2D eigenvalue weighted by atomic mass is 16.6. The van der Waals surface area contributed by atoms with E-state index in [2.05, 4.69) is 13.8 Å². The van der Waals surface area contributed by atoms with Gasteiger partial charge in [0.1, 0.15) is 18.0 Å². The third-order valence-electron chi connectivity index (χ3n) is 6.81. The molecule has 4 aliphatic rings. The summed E-state index contributed by atoms with van der Waals surface area (Å²) in [7, 11) is 0. The molecule has 22 heavy (non-hydrogen) atoms. The van der Waals surface area contributed by atoms with Gasteiger partial charge in [0.05, 0.1) is 18.8 Å². The van der Waals surface area contributed by atoms with Crippen LogP contribution in [0.3, 0.4) is 0 Å². The molecule has 1 spiro atoms. The molecular weight excluding hydrogens is 284 g/mol. The largest absolute Gasteiger partial charge is 0.462 e. The number of rotatable bonds is 2. The fourth-order valence-electron chi connectivity index (χ4n) is 5.20. The highest BCUT2D eigenvalue weighted by Gasteiger charge is 2.81. The van der Waals surface area contributed by atoms with E-state index in [1.165, 1.54) is 6.92 Å². The molecule has 3 fully saturated rings. The number of esters is 1. The number of aldehydes is 1. The van der Waals surface area contributed by atoms with Crippen LogP contribution in [0.5, 0.6) is 0 Å². The molecule has 0 aromatic carbocycles. The normalized spacial score (nSPS) is 52.0. The van der Waals surface area contributed by atoms with Crippen LogP contribution in [0.25, 0.3) is 0 Å². The van der Waals surface area contributed by atoms with Crippen molar-refractivity contribution in [3.05, 3.63) is 11.6 Å². The van der Waals surface area contributed by atoms with Crippen LogP contribution in [0.15, 0.2) is 11.6 Å². The van der Waals surface area contributed by atoms with Gasteiger partial charge in [0.2, 0.25) is 0 Å². The Morgan fingerprint density at radius 2 is 2.18 bits per heavy atom. The van der Waals surface area contributed by atoms with Gasteiger partial charge in [0.15, 0.2) is 0 Å². The van der Waals surface area contributed by atoms with E-state index in [-0.39, 0.29) is 40.7 Å². The average Bonchev–Trinajstić information content (AvgIpc) is 3.23. The SMILES string of the molecule is CC(=O)O[C@@H]1C[C@H]2O[C@@H]3C=C(C=O)CC[C@]3(C)[C@]1(C)[C@]21CO1. The number of carbonyl (C=O) groups is 2. The van der Waals surface area contributed by atoms with Crippen LogP contribution in [-0.4, -0.2) is 42.8 Å². The van der Waals surface area contributed by atoms with E-state index >= 15 is 0 Å². The molecule has 0 N–H and O–H groups in total. The van der Waals surface area contributed by atoms with Gasteiger partial charge in [-0.05, 0) is 24.5 Å². The Labute approximate surface area is 130 Å². The maximum absolute atomic E-state index is 11.6. The number of ether oxygens (including phenoxy) is 3. The fraction of sp³-hybridized carbons (Fsp3) is 0.765. The Hall–Kier alpha value is -1.20. The zero-order valence-corrected chi connectivity index (χ0v) is 13.3. The maximum atomic E-state index is 11.6. The molecule has 0 aromatic heterocycles. The van der Waals surface area contributed by atoms with E-state index in [1.54, 1.807) is 0 Å². The van der Waals surface area contributed by atoms with Gasteiger partial charge in [-0.15, -0.1) is 0 Å². The van der Waals surface area contributed by atoms with Gasteiger partial charge in [-0.25, -0.2) is 0 Å². The molecule has 1 saturated carbocycles. The van der Waals surface area contributed by atoms with Crippen molar-refractivity contribution in [2.75, 3.05) is 6.61 Å². The van der Waals surface area contributed by atoms with E-state index in [1.807, 2.05) is 6.08 Å². The molecule has 120 valence electrons. The smallest absolute Gasteiger partial charge is 0.302 e. The summed E-state index contributed by atoms with van der Waals surface area (Å²) in [6, 6.07) is 0. The van der Waals surface area contributed by atoms with Gasteiger partial charge >= 0.3 is 5.97 Å². The first-order valence-electron chi connectivity index (χ1n) is 8.00. The molecule has 5 heteroatoms. The quantitative estimate of drug-likeness (QED) is 0.442. The maximum Gasteiger partial charge on any atom is 0.302 e. The predicted octanol–water partition coefficient (Wildman–Crippen LogP) is 1.79. The molecule has 2 aliphatic heterocycles. The lowest BCUT2D eigenvalue weighted by Crippen LogP contribution is -2.63. The lowest BCUT2D eigenvalue weighted by Gasteiger charge is -2.57. The third kappa shape index (κ3) is 1.46. The van der Waals surface area contributed by atoms with E-state index in [9.17, 15) is 9.59 Å². The van der Waals surface area contributed by atoms with Crippen LogP contribution in [-0.2, 0) is 23.8 Å². The molecule has 0 aromatic rings. The fourth-order valence-corrected chi connectivity index (χ4v) is 5.20. The first-order valence-corrected chi connectivity index (χ1v) is 8.00. The van der Waals surface area contributed by atoms with E-state index < -0.39 is 0 Å². The van der Waals surface area contributed by atoms with Crippen molar-refractivity contribution in [1.29, 1.82) is 0 Å². The molecule has 2 saturated heterocycles. The topological polar surface area (TPSA) is 65.1 Å². The Morgan fingerprint density at radius 3 is 2.77 bits per heavy atom. The minimum absolute atomic E-state index is 0.0674. The minimum Gasteiger partial charge on any atom is -0.462 e. The molecule has 2 heterocycles. The van der Waals surface area contributed by atoms with Crippen LogP contribution >= 0.6 is 0 Å². The van der Waals surface area contributed by atoms with Gasteiger partial charge in [0.25, 0.3) is 0 Å². The summed E-state index contributed by atoms with van der Waals surface area (Å²) in [6.45, 7) is 6.50. The lowest BCUT2D eigenvalue weighted by atomic mass is 9.52. The molecule has 2 aliphatic carbocycles. The Balaban J connectivity index is 1.80. The Kier molecular flexibility index (Phi) is 2.75. The summed E-state index contributed by atoms with van der Waals surface area (Å²) in [6.07, 6.45) is 4.76. The molecule has 2 bridgehead atoms. The van der Waals surface area contributed by atoms with Gasteiger partial charge in [-0.3, -0.25) is 9.59 Å². The second kappa shape index (κ2) is 4.20. The van der Waals surface area contributed by atoms with Gasteiger partial charge < -0.3 is 14.2 Å². The van der Waals surface area contributed by atoms with Gasteiger partial charge in [-0.1, -0.05) is 13.8 Å². The van der Waals surface area contributed by atoms with Crippen molar-refractivity contribution in [1.82, 2.24) is 0 Å². The number of carbonyl (C=O) groups excluding carboxylic acids is 2. The second-order valence-electron chi connectivity index (χ2n) is 7.54. The second-order valence-corrected chi connectivity index (χ2v) is 7.54. The summed E-state index contributed by atoms with van der Waals surface area (Å²) >= 11 is 0. The number of hydrogen-bond acceptors (Lipinski definition) is 5. The molecule has 0 unspecified atom stereocenters. The molecule has 6 atom stereocenters. The number of allylic oxidation sites excluding steroid dienone is 1. The summed E-state index contributed by atoms with van der Waals surface area (Å²) < 4.78 is 17.9. The van der Waals surface area contributed by atoms with Gasteiger partial charge in [-0.2, -0.15) is 0 Å². The first kappa shape index (κ1) is 14.4. The summed E-state index contributed by atoms with van der Waals surface area (Å²) in [5, 5.41) is 0.